The molecule has 0 spiro atoms. The zero-order valence-electron chi connectivity index (χ0n) is 22.6. The lowest BCUT2D eigenvalue weighted by Gasteiger charge is -2.24. The number of carbonyl (C=O) groups is 2. The molecule has 0 saturated carbocycles. The molecule has 0 aliphatic heterocycles. The quantitative estimate of drug-likeness (QED) is 0.426. The molecule has 3 rings (SSSR count). The summed E-state index contributed by atoms with van der Waals surface area (Å²) >= 11 is 0. The number of nitriles is 1. The molecule has 206 valence electrons. The predicted molar refractivity (Wildman–Crippen MR) is 141 cm³/mol. The van der Waals surface area contributed by atoms with Gasteiger partial charge in [0.2, 0.25) is 0 Å². The van der Waals surface area contributed by atoms with Crippen molar-refractivity contribution in [3.05, 3.63) is 58.8 Å². The van der Waals surface area contributed by atoms with Crippen molar-refractivity contribution in [2.24, 2.45) is 7.05 Å². The fraction of sp³-hybridized carbons (Fsp3) is 0.370. The fourth-order valence-corrected chi connectivity index (χ4v) is 3.90. The largest absolute Gasteiger partial charge is 0.489 e. The van der Waals surface area contributed by atoms with E-state index < -0.39 is 29.4 Å². The third-order valence-corrected chi connectivity index (χ3v) is 5.75. The van der Waals surface area contributed by atoms with Crippen molar-refractivity contribution < 1.29 is 28.6 Å². The fourth-order valence-electron chi connectivity index (χ4n) is 3.90. The minimum absolute atomic E-state index is 0.0224. The van der Waals surface area contributed by atoms with Crippen molar-refractivity contribution in [2.75, 3.05) is 19.4 Å². The van der Waals surface area contributed by atoms with Crippen LogP contribution >= 0.6 is 0 Å². The Bertz CT molecular complexity index is 1440. The van der Waals surface area contributed by atoms with E-state index in [4.69, 9.17) is 15.2 Å². The van der Waals surface area contributed by atoms with E-state index in [0.29, 0.717) is 16.8 Å². The molecule has 3 aromatic rings. The highest BCUT2D eigenvalue weighted by molar-refractivity contribution is 5.89. The number of nitrogen functional groups attached to an aromatic ring is 1. The third kappa shape index (κ3) is 6.81. The second kappa shape index (κ2) is 11.4. The maximum atomic E-state index is 13.8. The number of carboxylic acid groups (broad SMARTS) is 1. The van der Waals surface area contributed by atoms with Gasteiger partial charge in [0, 0.05) is 37.3 Å². The highest BCUT2D eigenvalue weighted by Crippen LogP contribution is 2.33. The van der Waals surface area contributed by atoms with Crippen LogP contribution < -0.4 is 10.5 Å². The normalized spacial score (nSPS) is 11.9. The summed E-state index contributed by atoms with van der Waals surface area (Å²) in [6.45, 7) is 7.02. The number of nitrogens with two attached hydrogens (primary N) is 1. The molecule has 39 heavy (non-hydrogen) atoms. The van der Waals surface area contributed by atoms with E-state index in [1.807, 2.05) is 0 Å². The molecule has 1 unspecified atom stereocenters. The summed E-state index contributed by atoms with van der Waals surface area (Å²) in [6.07, 6.45) is 0.916. The number of halogens is 1. The molecular weight excluding hydrogens is 507 g/mol. The van der Waals surface area contributed by atoms with Crippen LogP contribution in [0, 0.1) is 17.1 Å². The van der Waals surface area contributed by atoms with Gasteiger partial charge in [-0.05, 0) is 50.6 Å². The van der Waals surface area contributed by atoms with E-state index in [1.54, 1.807) is 47.9 Å². The average molecular weight is 539 g/mol. The number of amides is 1. The predicted octanol–water partition coefficient (Wildman–Crippen LogP) is 4.32. The number of nitrogens with zero attached hydrogens (tertiary/aromatic N) is 5. The van der Waals surface area contributed by atoms with Gasteiger partial charge in [-0.3, -0.25) is 4.68 Å². The van der Waals surface area contributed by atoms with E-state index in [-0.39, 0.29) is 41.5 Å². The average Bonchev–Trinajstić information content (AvgIpc) is 3.16. The number of carboxylic acids is 1. The lowest BCUT2D eigenvalue weighted by molar-refractivity contribution is 0.0283. The molecule has 0 bridgehead atoms. The van der Waals surface area contributed by atoms with Crippen LogP contribution in [0.4, 0.5) is 15.0 Å². The van der Waals surface area contributed by atoms with Gasteiger partial charge in [-0.25, -0.2) is 19.0 Å². The molecule has 1 atom stereocenters. The van der Waals surface area contributed by atoms with E-state index >= 15 is 0 Å². The van der Waals surface area contributed by atoms with Gasteiger partial charge in [-0.1, -0.05) is 6.92 Å². The smallest absolute Gasteiger partial charge is 0.410 e. The van der Waals surface area contributed by atoms with Crippen LogP contribution in [0.25, 0.3) is 11.1 Å². The van der Waals surface area contributed by atoms with Crippen LogP contribution in [0.3, 0.4) is 0 Å². The molecule has 0 radical (unpaired) electrons. The Kier molecular flexibility index (Phi) is 8.44. The summed E-state index contributed by atoms with van der Waals surface area (Å²) in [4.78, 5) is 29.7. The standard InChI is InChI=1S/C27H31FN6O5/c1-15(19-10-17(28)7-8-18(19)25(35)36)14-38-22-9-16(12-31-24(22)30)23-20(32-34(6)21(23)11-29)13-33(5)26(37)39-27(2,3)4/h7-10,12,15H,13-14H2,1-6H3,(H2,30,31)(H,35,36). The number of anilines is 1. The van der Waals surface area contributed by atoms with Crippen LogP contribution in [0.5, 0.6) is 5.75 Å². The molecule has 3 N–H and O–H groups in total. The van der Waals surface area contributed by atoms with E-state index in [2.05, 4.69) is 16.2 Å². The summed E-state index contributed by atoms with van der Waals surface area (Å²) in [6, 6.07) is 7.18. The van der Waals surface area contributed by atoms with Crippen LogP contribution in [-0.4, -0.2) is 56.1 Å². The van der Waals surface area contributed by atoms with Crippen molar-refractivity contribution in [3.63, 3.8) is 0 Å². The Hall–Kier alpha value is -4.66. The zero-order chi connectivity index (χ0) is 29.1. The summed E-state index contributed by atoms with van der Waals surface area (Å²) in [5.74, 6) is -1.98. The summed E-state index contributed by atoms with van der Waals surface area (Å²) in [5.41, 5.74) is 7.19. The molecule has 12 heteroatoms. The molecule has 2 aromatic heterocycles. The van der Waals surface area contributed by atoms with Gasteiger partial charge in [0.1, 0.15) is 23.2 Å². The lowest BCUT2D eigenvalue weighted by Crippen LogP contribution is -2.34. The maximum Gasteiger partial charge on any atom is 0.410 e. The number of pyridine rings is 1. The highest BCUT2D eigenvalue weighted by Gasteiger charge is 2.25. The third-order valence-electron chi connectivity index (χ3n) is 5.75. The first-order valence-corrected chi connectivity index (χ1v) is 12.0. The van der Waals surface area contributed by atoms with Gasteiger partial charge in [-0.15, -0.1) is 0 Å². The van der Waals surface area contributed by atoms with Crippen LogP contribution in [-0.2, 0) is 18.3 Å². The summed E-state index contributed by atoms with van der Waals surface area (Å²) < 4.78 is 26.5. The lowest BCUT2D eigenvalue weighted by atomic mass is 9.96. The van der Waals surface area contributed by atoms with Gasteiger partial charge in [0.05, 0.1) is 24.4 Å². The van der Waals surface area contributed by atoms with Gasteiger partial charge < -0.3 is 25.2 Å². The summed E-state index contributed by atoms with van der Waals surface area (Å²) in [5, 5.41) is 23.7. The summed E-state index contributed by atoms with van der Waals surface area (Å²) in [7, 11) is 3.18. The minimum atomic E-state index is -1.18. The number of aryl methyl sites for hydroxylation is 1. The zero-order valence-corrected chi connectivity index (χ0v) is 22.6. The number of hydrogen-bond donors (Lipinski definition) is 2. The second-order valence-electron chi connectivity index (χ2n) is 10.1. The van der Waals surface area contributed by atoms with Gasteiger partial charge in [0.15, 0.2) is 11.6 Å². The van der Waals surface area contributed by atoms with E-state index in [9.17, 15) is 24.3 Å². The second-order valence-corrected chi connectivity index (χ2v) is 10.1. The first-order chi connectivity index (χ1) is 18.2. The molecule has 0 saturated heterocycles. The topological polar surface area (TPSA) is 157 Å². The van der Waals surface area contributed by atoms with E-state index in [0.717, 1.165) is 12.1 Å². The number of carbonyl (C=O) groups excluding carboxylic acids is 1. The monoisotopic (exact) mass is 538 g/mol. The van der Waals surface area contributed by atoms with Gasteiger partial charge >= 0.3 is 12.1 Å². The molecule has 0 aliphatic rings. The number of rotatable bonds is 8. The maximum absolute atomic E-state index is 13.8. The van der Waals surface area contributed by atoms with Gasteiger partial charge in [-0.2, -0.15) is 10.4 Å². The molecule has 2 heterocycles. The van der Waals surface area contributed by atoms with Crippen molar-refractivity contribution in [2.45, 2.75) is 45.8 Å². The number of aromatic nitrogens is 3. The van der Waals surface area contributed by atoms with Crippen molar-refractivity contribution in [1.82, 2.24) is 19.7 Å². The Morgan fingerprint density at radius 1 is 1.31 bits per heavy atom. The molecule has 11 nitrogen and oxygen atoms in total. The van der Waals surface area contributed by atoms with E-state index in [1.165, 1.54) is 21.8 Å². The Morgan fingerprint density at radius 3 is 2.62 bits per heavy atom. The first-order valence-electron chi connectivity index (χ1n) is 12.0. The van der Waals surface area contributed by atoms with Crippen molar-refractivity contribution >= 4 is 17.9 Å². The number of hydrogen-bond acceptors (Lipinski definition) is 8. The molecule has 0 fully saturated rings. The minimum Gasteiger partial charge on any atom is -0.489 e. The Labute approximate surface area is 225 Å². The number of benzene rings is 1. The number of aromatic carboxylic acids is 1. The van der Waals surface area contributed by atoms with Crippen LogP contribution in [0.1, 0.15) is 60.9 Å². The Balaban J connectivity index is 1.91. The van der Waals surface area contributed by atoms with Crippen LogP contribution in [0.2, 0.25) is 0 Å². The van der Waals surface area contributed by atoms with Gasteiger partial charge in [0.25, 0.3) is 0 Å². The Morgan fingerprint density at radius 2 is 2.00 bits per heavy atom. The molecule has 1 aromatic carbocycles. The molecular formula is C27H31FN6O5. The number of ether oxygens (including phenoxy) is 2. The van der Waals surface area contributed by atoms with Crippen molar-refractivity contribution in [1.29, 1.82) is 5.26 Å². The highest BCUT2D eigenvalue weighted by atomic mass is 19.1. The molecule has 1 amide bonds. The molecule has 0 aliphatic carbocycles. The van der Waals surface area contributed by atoms with Crippen LogP contribution in [0.15, 0.2) is 30.5 Å². The SMILES string of the molecule is CC(COc1cc(-c2c(CN(C)C(=O)OC(C)(C)C)nn(C)c2C#N)cnc1N)c1cc(F)ccc1C(=O)O. The van der Waals surface area contributed by atoms with Crippen molar-refractivity contribution in [3.8, 4) is 22.9 Å². The first kappa shape index (κ1) is 28.9.